The van der Waals surface area contributed by atoms with Gasteiger partial charge in [-0.2, -0.15) is 5.26 Å². The number of halogens is 2. The summed E-state index contributed by atoms with van der Waals surface area (Å²) in [7, 11) is 0. The standard InChI is InChI=1S/C26H24Cl2N6O/c1-26(16-34-12-11-30-17-34,20-5-6-22(28)14-20)33-25(31-23-9-7-21(27)8-10-23)32-24(35)19-4-2-3-18(13-19)15-29/h2-14,17,20,25,31,33H,16H2,1H3,(H,32,35)/t20?,25?,26-/m1/s1. The van der Waals surface area contributed by atoms with Crippen LogP contribution in [-0.2, 0) is 6.54 Å². The molecule has 2 aromatic carbocycles. The smallest absolute Gasteiger partial charge is 0.253 e. The van der Waals surface area contributed by atoms with E-state index in [1.54, 1.807) is 48.9 Å². The van der Waals surface area contributed by atoms with E-state index in [1.807, 2.05) is 41.1 Å². The minimum atomic E-state index is -0.677. The van der Waals surface area contributed by atoms with Gasteiger partial charge in [-0.1, -0.05) is 41.4 Å². The number of nitrogens with zero attached hydrogens (tertiary/aromatic N) is 3. The molecule has 0 fully saturated rings. The first kappa shape index (κ1) is 24.6. The van der Waals surface area contributed by atoms with Crippen molar-refractivity contribution in [2.45, 2.75) is 25.3 Å². The topological polar surface area (TPSA) is 94.8 Å². The molecule has 1 aliphatic carbocycles. The first-order valence-electron chi connectivity index (χ1n) is 11.0. The summed E-state index contributed by atoms with van der Waals surface area (Å²) < 4.78 is 1.97. The number of allylic oxidation sites excluding steroid dienone is 2. The van der Waals surface area contributed by atoms with E-state index in [9.17, 15) is 10.1 Å². The lowest BCUT2D eigenvalue weighted by Gasteiger charge is -2.39. The van der Waals surface area contributed by atoms with Gasteiger partial charge in [-0.15, -0.1) is 0 Å². The zero-order chi connectivity index (χ0) is 24.8. The Labute approximate surface area is 214 Å². The predicted octanol–water partition coefficient (Wildman–Crippen LogP) is 4.89. The third-order valence-electron chi connectivity index (χ3n) is 5.77. The summed E-state index contributed by atoms with van der Waals surface area (Å²) in [5.41, 5.74) is 0.987. The Bertz CT molecular complexity index is 1280. The van der Waals surface area contributed by atoms with Crippen LogP contribution in [-0.4, -0.2) is 27.3 Å². The van der Waals surface area contributed by atoms with E-state index in [0.717, 1.165) is 5.69 Å². The third kappa shape index (κ3) is 6.31. The van der Waals surface area contributed by atoms with Gasteiger partial charge in [-0.05, 0) is 55.5 Å². The summed E-state index contributed by atoms with van der Waals surface area (Å²) in [6.07, 6.45) is 10.6. The van der Waals surface area contributed by atoms with E-state index in [1.165, 1.54) is 0 Å². The number of carbonyl (C=O) groups is 1. The van der Waals surface area contributed by atoms with Crippen molar-refractivity contribution in [2.75, 3.05) is 5.32 Å². The highest BCUT2D eigenvalue weighted by molar-refractivity contribution is 6.31. The maximum Gasteiger partial charge on any atom is 0.253 e. The van der Waals surface area contributed by atoms with Crippen molar-refractivity contribution in [3.8, 4) is 6.07 Å². The molecule has 35 heavy (non-hydrogen) atoms. The molecule has 1 aromatic heterocycles. The van der Waals surface area contributed by atoms with Crippen molar-refractivity contribution in [3.63, 3.8) is 0 Å². The number of carbonyl (C=O) groups excluding carboxylic acids is 1. The second kappa shape index (κ2) is 10.8. The molecule has 0 spiro atoms. The molecule has 4 rings (SSSR count). The molecule has 178 valence electrons. The van der Waals surface area contributed by atoms with Crippen molar-refractivity contribution in [3.05, 3.63) is 107 Å². The summed E-state index contributed by atoms with van der Waals surface area (Å²) in [5, 5.41) is 20.4. The molecule has 3 atom stereocenters. The van der Waals surface area contributed by atoms with Crippen molar-refractivity contribution in [1.29, 1.82) is 5.26 Å². The summed E-state index contributed by atoms with van der Waals surface area (Å²) in [5.74, 6) is -0.382. The molecule has 0 aliphatic heterocycles. The van der Waals surface area contributed by atoms with Gasteiger partial charge in [0.1, 0.15) is 0 Å². The summed E-state index contributed by atoms with van der Waals surface area (Å²) in [6, 6.07) is 15.8. The normalized spacial score (nSPS) is 17.2. The van der Waals surface area contributed by atoms with Crippen LogP contribution in [0, 0.1) is 17.2 Å². The Morgan fingerprint density at radius 3 is 2.71 bits per heavy atom. The lowest BCUT2D eigenvalue weighted by atomic mass is 9.86. The van der Waals surface area contributed by atoms with Crippen LogP contribution in [0.4, 0.5) is 5.69 Å². The Morgan fingerprint density at radius 2 is 2.06 bits per heavy atom. The largest absolute Gasteiger partial charge is 0.353 e. The highest BCUT2D eigenvalue weighted by atomic mass is 35.5. The van der Waals surface area contributed by atoms with E-state index >= 15 is 0 Å². The van der Waals surface area contributed by atoms with Gasteiger partial charge in [0.05, 0.1) is 18.0 Å². The Morgan fingerprint density at radius 1 is 1.26 bits per heavy atom. The first-order chi connectivity index (χ1) is 16.8. The average Bonchev–Trinajstić information content (AvgIpc) is 3.52. The van der Waals surface area contributed by atoms with Gasteiger partial charge in [0.2, 0.25) is 0 Å². The number of hydrogen-bond donors (Lipinski definition) is 3. The number of benzene rings is 2. The molecule has 9 heteroatoms. The first-order valence-corrected chi connectivity index (χ1v) is 11.7. The Balaban J connectivity index is 1.63. The van der Waals surface area contributed by atoms with Crippen molar-refractivity contribution < 1.29 is 4.79 Å². The number of anilines is 1. The SMILES string of the molecule is C[C@](Cn1ccnc1)(NC(NC(=O)c1cccc(C#N)c1)Nc1ccc(Cl)cc1)C1C=CC(Cl)=C1. The van der Waals surface area contributed by atoms with Crippen LogP contribution in [0.3, 0.4) is 0 Å². The summed E-state index contributed by atoms with van der Waals surface area (Å²) in [6.45, 7) is 2.62. The fraction of sp³-hybridized carbons (Fsp3) is 0.192. The second-order valence-electron chi connectivity index (χ2n) is 8.48. The van der Waals surface area contributed by atoms with Crippen LogP contribution in [0.1, 0.15) is 22.8 Å². The van der Waals surface area contributed by atoms with Gasteiger partial charge >= 0.3 is 0 Å². The molecule has 0 radical (unpaired) electrons. The van der Waals surface area contributed by atoms with Crippen molar-refractivity contribution in [2.24, 2.45) is 5.92 Å². The van der Waals surface area contributed by atoms with Crippen LogP contribution in [0.5, 0.6) is 0 Å². The highest BCUT2D eigenvalue weighted by Gasteiger charge is 2.36. The van der Waals surface area contributed by atoms with E-state index < -0.39 is 11.8 Å². The monoisotopic (exact) mass is 506 g/mol. The fourth-order valence-corrected chi connectivity index (χ4v) is 4.31. The van der Waals surface area contributed by atoms with Crippen LogP contribution < -0.4 is 16.0 Å². The Hall–Kier alpha value is -3.57. The second-order valence-corrected chi connectivity index (χ2v) is 9.36. The van der Waals surface area contributed by atoms with Gasteiger partial charge in [-0.25, -0.2) is 4.98 Å². The van der Waals surface area contributed by atoms with Gasteiger partial charge in [0.15, 0.2) is 6.29 Å². The van der Waals surface area contributed by atoms with Gasteiger partial charge in [0, 0.05) is 51.7 Å². The fourth-order valence-electron chi connectivity index (χ4n) is 3.98. The van der Waals surface area contributed by atoms with Crippen LogP contribution in [0.2, 0.25) is 5.02 Å². The maximum atomic E-state index is 13.2. The zero-order valence-electron chi connectivity index (χ0n) is 19.0. The highest BCUT2D eigenvalue weighted by Crippen LogP contribution is 2.30. The number of nitrogens with one attached hydrogen (secondary N) is 3. The minimum Gasteiger partial charge on any atom is -0.353 e. The number of rotatable bonds is 9. The molecule has 3 aromatic rings. The van der Waals surface area contributed by atoms with Gasteiger partial charge in [0.25, 0.3) is 5.91 Å². The Kier molecular flexibility index (Phi) is 7.57. The molecule has 3 N–H and O–H groups in total. The third-order valence-corrected chi connectivity index (χ3v) is 6.27. The molecular weight excluding hydrogens is 483 g/mol. The molecule has 1 amide bonds. The van der Waals surface area contributed by atoms with E-state index in [-0.39, 0.29) is 11.8 Å². The molecule has 2 unspecified atom stereocenters. The van der Waals surface area contributed by atoms with Gasteiger partial charge < -0.3 is 15.2 Å². The molecule has 0 saturated heterocycles. The predicted molar refractivity (Wildman–Crippen MR) is 138 cm³/mol. The zero-order valence-corrected chi connectivity index (χ0v) is 20.5. The number of hydrogen-bond acceptors (Lipinski definition) is 5. The molecule has 7 nitrogen and oxygen atoms in total. The van der Waals surface area contributed by atoms with Crippen molar-refractivity contribution in [1.82, 2.24) is 20.2 Å². The number of amides is 1. The quantitative estimate of drug-likeness (QED) is 0.359. The van der Waals surface area contributed by atoms with E-state index in [2.05, 4.69) is 33.9 Å². The van der Waals surface area contributed by atoms with Crippen LogP contribution in [0.25, 0.3) is 0 Å². The lowest BCUT2D eigenvalue weighted by Crippen LogP contribution is -2.62. The molecule has 0 bridgehead atoms. The molecule has 1 aliphatic rings. The summed E-state index contributed by atoms with van der Waals surface area (Å²) in [4.78, 5) is 17.3. The molecule has 1 heterocycles. The number of aromatic nitrogens is 2. The molecule has 0 saturated carbocycles. The van der Waals surface area contributed by atoms with E-state index in [4.69, 9.17) is 23.2 Å². The lowest BCUT2D eigenvalue weighted by molar-refractivity contribution is 0.0920. The average molecular weight is 507 g/mol. The number of imidazole rings is 1. The minimum absolute atomic E-state index is 0.0502. The maximum absolute atomic E-state index is 13.2. The van der Waals surface area contributed by atoms with Gasteiger partial charge in [-0.3, -0.25) is 10.1 Å². The van der Waals surface area contributed by atoms with Crippen LogP contribution >= 0.6 is 23.2 Å². The van der Waals surface area contributed by atoms with E-state index in [0.29, 0.717) is 27.7 Å². The molecular formula is C26H24Cl2N6O. The van der Waals surface area contributed by atoms with Crippen LogP contribution in [0.15, 0.2) is 90.5 Å². The summed E-state index contributed by atoms with van der Waals surface area (Å²) >= 11 is 12.3. The van der Waals surface area contributed by atoms with Crippen molar-refractivity contribution >= 4 is 34.8 Å². The number of nitriles is 1.